The number of ether oxygens (including phenoxy) is 1. The zero-order valence-corrected chi connectivity index (χ0v) is 18.5. The second-order valence-corrected chi connectivity index (χ2v) is 8.08. The smallest absolute Gasteiger partial charge is 0.293 e. The van der Waals surface area contributed by atoms with Gasteiger partial charge in [-0.05, 0) is 49.4 Å². The molecule has 172 valence electrons. The van der Waals surface area contributed by atoms with Crippen molar-refractivity contribution in [2.75, 3.05) is 36.5 Å². The minimum Gasteiger partial charge on any atom is -0.436 e. The quantitative estimate of drug-likeness (QED) is 0.338. The molecule has 0 spiro atoms. The number of hydrogen-bond acceptors (Lipinski definition) is 7. The van der Waals surface area contributed by atoms with Crippen LogP contribution < -0.4 is 10.2 Å². The highest BCUT2D eigenvalue weighted by molar-refractivity contribution is 6.05. The highest BCUT2D eigenvalue weighted by atomic mass is 16.6. The number of aryl methyl sites for hydroxylation is 1. The van der Waals surface area contributed by atoms with Crippen LogP contribution in [0.3, 0.4) is 0 Å². The van der Waals surface area contributed by atoms with Gasteiger partial charge in [-0.3, -0.25) is 14.9 Å². The SMILES string of the molecule is Cc1ccc(-c2nc3cc(NC(=O)c4ccc(N5CCOCC5)c([N+](=O)[O-])c4)ccc3o2)cc1. The summed E-state index contributed by atoms with van der Waals surface area (Å²) < 4.78 is 11.2. The van der Waals surface area contributed by atoms with Crippen LogP contribution in [-0.2, 0) is 4.74 Å². The average molecular weight is 458 g/mol. The normalized spacial score (nSPS) is 13.7. The van der Waals surface area contributed by atoms with Crippen LogP contribution in [-0.4, -0.2) is 42.1 Å². The number of anilines is 2. The summed E-state index contributed by atoms with van der Waals surface area (Å²) in [7, 11) is 0. The van der Waals surface area contributed by atoms with Crippen molar-refractivity contribution in [1.29, 1.82) is 0 Å². The van der Waals surface area contributed by atoms with Gasteiger partial charge in [0.05, 0.1) is 18.1 Å². The van der Waals surface area contributed by atoms with Crippen molar-refractivity contribution in [3.05, 3.63) is 81.9 Å². The molecule has 9 heteroatoms. The molecule has 4 aromatic rings. The van der Waals surface area contributed by atoms with Gasteiger partial charge in [0.15, 0.2) is 5.58 Å². The molecule has 1 amide bonds. The standard InChI is InChI=1S/C25H22N4O5/c1-16-2-4-17(5-3-16)25-27-20-15-19(7-9-23(20)34-25)26-24(30)18-6-8-21(22(14-18)29(31)32)28-10-12-33-13-11-28/h2-9,14-15H,10-13H2,1H3,(H,26,30). The lowest BCUT2D eigenvalue weighted by molar-refractivity contribution is -0.384. The van der Waals surface area contributed by atoms with Gasteiger partial charge in [0.2, 0.25) is 5.89 Å². The van der Waals surface area contributed by atoms with Crippen LogP contribution in [0.15, 0.2) is 65.1 Å². The van der Waals surface area contributed by atoms with E-state index in [0.29, 0.717) is 54.7 Å². The summed E-state index contributed by atoms with van der Waals surface area (Å²) >= 11 is 0. The molecular weight excluding hydrogens is 436 g/mol. The monoisotopic (exact) mass is 458 g/mol. The van der Waals surface area contributed by atoms with Crippen molar-refractivity contribution >= 4 is 34.1 Å². The van der Waals surface area contributed by atoms with E-state index < -0.39 is 10.8 Å². The average Bonchev–Trinajstić information content (AvgIpc) is 3.28. The fourth-order valence-electron chi connectivity index (χ4n) is 3.91. The first-order chi connectivity index (χ1) is 16.5. The van der Waals surface area contributed by atoms with Crippen LogP contribution in [0.25, 0.3) is 22.6 Å². The van der Waals surface area contributed by atoms with E-state index in [-0.39, 0.29) is 11.3 Å². The van der Waals surface area contributed by atoms with Crippen molar-refractivity contribution in [1.82, 2.24) is 4.98 Å². The highest BCUT2D eigenvalue weighted by Crippen LogP contribution is 2.31. The Bertz CT molecular complexity index is 1370. The summed E-state index contributed by atoms with van der Waals surface area (Å²) in [4.78, 5) is 30.5. The number of fused-ring (bicyclic) bond motifs is 1. The summed E-state index contributed by atoms with van der Waals surface area (Å²) in [5.41, 5.74) is 4.29. The fourth-order valence-corrected chi connectivity index (χ4v) is 3.91. The Morgan fingerprint density at radius 1 is 1.06 bits per heavy atom. The number of rotatable bonds is 5. The number of hydrogen-bond donors (Lipinski definition) is 1. The van der Waals surface area contributed by atoms with Crippen molar-refractivity contribution < 1.29 is 18.9 Å². The molecule has 1 aliphatic heterocycles. The first kappa shape index (κ1) is 21.6. The number of nitrogens with one attached hydrogen (secondary N) is 1. The van der Waals surface area contributed by atoms with Crippen LogP contribution in [0.4, 0.5) is 17.1 Å². The first-order valence-corrected chi connectivity index (χ1v) is 10.9. The molecule has 1 saturated heterocycles. The summed E-state index contributed by atoms with van der Waals surface area (Å²) in [6.45, 7) is 4.16. The lowest BCUT2D eigenvalue weighted by Crippen LogP contribution is -2.36. The number of amides is 1. The molecule has 1 aromatic heterocycles. The maximum absolute atomic E-state index is 12.9. The van der Waals surface area contributed by atoms with Crippen LogP contribution in [0.2, 0.25) is 0 Å². The van der Waals surface area contributed by atoms with E-state index in [2.05, 4.69) is 10.3 Å². The van der Waals surface area contributed by atoms with Crippen LogP contribution in [0.1, 0.15) is 15.9 Å². The van der Waals surface area contributed by atoms with Crippen LogP contribution >= 0.6 is 0 Å². The summed E-state index contributed by atoms with van der Waals surface area (Å²) in [5, 5.41) is 14.5. The van der Waals surface area contributed by atoms with Gasteiger partial charge in [0.1, 0.15) is 11.2 Å². The van der Waals surface area contributed by atoms with Crippen LogP contribution in [0.5, 0.6) is 0 Å². The van der Waals surface area contributed by atoms with E-state index >= 15 is 0 Å². The van der Waals surface area contributed by atoms with Crippen molar-refractivity contribution in [2.24, 2.45) is 0 Å². The molecule has 9 nitrogen and oxygen atoms in total. The Kier molecular flexibility index (Phi) is 5.69. The van der Waals surface area contributed by atoms with Crippen molar-refractivity contribution in [2.45, 2.75) is 6.92 Å². The molecule has 3 aromatic carbocycles. The number of nitrogens with zero attached hydrogens (tertiary/aromatic N) is 3. The number of morpholine rings is 1. The van der Waals surface area contributed by atoms with Gasteiger partial charge in [-0.1, -0.05) is 17.7 Å². The molecular formula is C25H22N4O5. The van der Waals surface area contributed by atoms with E-state index in [9.17, 15) is 14.9 Å². The van der Waals surface area contributed by atoms with Gasteiger partial charge in [0.25, 0.3) is 11.6 Å². The minimum absolute atomic E-state index is 0.107. The maximum atomic E-state index is 12.9. The largest absolute Gasteiger partial charge is 0.436 e. The molecule has 0 unspecified atom stereocenters. The summed E-state index contributed by atoms with van der Waals surface area (Å²) in [6.07, 6.45) is 0. The van der Waals surface area contributed by atoms with Gasteiger partial charge in [-0.15, -0.1) is 0 Å². The molecule has 0 saturated carbocycles. The molecule has 1 aliphatic rings. The number of nitro benzene ring substituents is 1. The molecule has 0 aliphatic carbocycles. The van der Waals surface area contributed by atoms with E-state index in [4.69, 9.17) is 9.15 Å². The fraction of sp³-hybridized carbons (Fsp3) is 0.200. The third-order valence-electron chi connectivity index (χ3n) is 5.73. The Morgan fingerprint density at radius 3 is 2.56 bits per heavy atom. The second-order valence-electron chi connectivity index (χ2n) is 8.08. The zero-order valence-electron chi connectivity index (χ0n) is 18.5. The van der Waals surface area contributed by atoms with E-state index in [0.717, 1.165) is 11.1 Å². The number of oxazole rings is 1. The molecule has 34 heavy (non-hydrogen) atoms. The molecule has 0 radical (unpaired) electrons. The molecule has 0 bridgehead atoms. The molecule has 0 atom stereocenters. The number of benzene rings is 3. The Hall–Kier alpha value is -4.24. The predicted molar refractivity (Wildman–Crippen MR) is 128 cm³/mol. The Labute approximate surface area is 195 Å². The minimum atomic E-state index is -0.463. The first-order valence-electron chi connectivity index (χ1n) is 10.9. The van der Waals surface area contributed by atoms with Gasteiger partial charge in [-0.25, -0.2) is 4.98 Å². The third-order valence-corrected chi connectivity index (χ3v) is 5.73. The molecule has 1 N–H and O–H groups in total. The second kappa shape index (κ2) is 8.95. The van der Waals surface area contributed by atoms with Gasteiger partial charge >= 0.3 is 0 Å². The highest BCUT2D eigenvalue weighted by Gasteiger charge is 2.23. The molecule has 2 heterocycles. The van der Waals surface area contributed by atoms with Gasteiger partial charge in [0, 0.05) is 36.0 Å². The predicted octanol–water partition coefficient (Wildman–Crippen LogP) is 4.80. The third kappa shape index (κ3) is 4.33. The Morgan fingerprint density at radius 2 is 1.82 bits per heavy atom. The summed E-state index contributed by atoms with van der Waals surface area (Å²) in [5.74, 6) is 0.0473. The lowest BCUT2D eigenvalue weighted by atomic mass is 10.1. The van der Waals surface area contributed by atoms with E-state index in [1.807, 2.05) is 36.1 Å². The van der Waals surface area contributed by atoms with E-state index in [1.165, 1.54) is 6.07 Å². The number of aromatic nitrogens is 1. The van der Waals surface area contributed by atoms with Crippen molar-refractivity contribution in [3.8, 4) is 11.5 Å². The number of carbonyl (C=O) groups is 1. The molecule has 1 fully saturated rings. The van der Waals surface area contributed by atoms with Gasteiger partial charge < -0.3 is 19.4 Å². The zero-order chi connectivity index (χ0) is 23.7. The lowest BCUT2D eigenvalue weighted by Gasteiger charge is -2.28. The van der Waals surface area contributed by atoms with E-state index in [1.54, 1.807) is 30.3 Å². The van der Waals surface area contributed by atoms with Crippen molar-refractivity contribution in [3.63, 3.8) is 0 Å². The number of carbonyl (C=O) groups excluding carboxylic acids is 1. The topological polar surface area (TPSA) is 111 Å². The maximum Gasteiger partial charge on any atom is 0.293 e. The van der Waals surface area contributed by atoms with Crippen LogP contribution in [0, 0.1) is 17.0 Å². The number of nitro groups is 1. The summed E-state index contributed by atoms with van der Waals surface area (Å²) in [6, 6.07) is 17.5. The molecule has 5 rings (SSSR count). The Balaban J connectivity index is 1.38. The van der Waals surface area contributed by atoms with Gasteiger partial charge in [-0.2, -0.15) is 0 Å².